The van der Waals surface area contributed by atoms with Gasteiger partial charge in [-0.1, -0.05) is 140 Å². The van der Waals surface area contributed by atoms with Gasteiger partial charge < -0.3 is 8.83 Å². The molecule has 0 aliphatic carbocycles. The molecule has 2 heteroatoms. The molecule has 250 valence electrons. The monoisotopic (exact) mass is 638 g/mol. The Bertz CT molecular complexity index is 1970. The van der Waals surface area contributed by atoms with Crippen LogP contribution in [0.2, 0.25) is 0 Å². The average molecular weight is 639 g/mol. The molecule has 7 rings (SSSR count). The van der Waals surface area contributed by atoms with Crippen LogP contribution in [0.3, 0.4) is 0 Å². The molecule has 5 aromatic carbocycles. The predicted molar refractivity (Wildman–Crippen MR) is 209 cm³/mol. The molecule has 0 bridgehead atoms. The Kier molecular flexibility index (Phi) is 10.7. The van der Waals surface area contributed by atoms with Gasteiger partial charge in [-0.3, -0.25) is 0 Å². The van der Waals surface area contributed by atoms with E-state index in [0.29, 0.717) is 0 Å². The summed E-state index contributed by atoms with van der Waals surface area (Å²) in [4.78, 5) is 0. The van der Waals surface area contributed by atoms with Gasteiger partial charge in [0.15, 0.2) is 0 Å². The fourth-order valence-corrected chi connectivity index (χ4v) is 7.87. The van der Waals surface area contributed by atoms with Crippen molar-refractivity contribution in [1.82, 2.24) is 0 Å². The smallest absolute Gasteiger partial charge is 0.136 e. The molecule has 0 unspecified atom stereocenters. The molecule has 0 amide bonds. The van der Waals surface area contributed by atoms with E-state index in [4.69, 9.17) is 8.83 Å². The van der Waals surface area contributed by atoms with Crippen LogP contribution in [0.1, 0.15) is 128 Å². The minimum Gasteiger partial charge on any atom is -0.456 e. The summed E-state index contributed by atoms with van der Waals surface area (Å²) in [5.41, 5.74) is 6.62. The van der Waals surface area contributed by atoms with E-state index < -0.39 is 0 Å². The maximum atomic E-state index is 6.52. The van der Waals surface area contributed by atoms with Crippen molar-refractivity contribution in [2.24, 2.45) is 0 Å². The van der Waals surface area contributed by atoms with E-state index in [1.54, 1.807) is 0 Å². The van der Waals surface area contributed by atoms with Crippen LogP contribution >= 0.6 is 0 Å². The van der Waals surface area contributed by atoms with E-state index in [1.165, 1.54) is 135 Å². The highest BCUT2D eigenvalue weighted by molar-refractivity contribution is 6.18. The molecule has 2 nitrogen and oxygen atoms in total. The first kappa shape index (κ1) is 32.8. The number of aryl methyl sites for hydroxylation is 2. The van der Waals surface area contributed by atoms with Crippen molar-refractivity contribution in [3.8, 4) is 0 Å². The number of hydrogen-bond acceptors (Lipinski definition) is 2. The largest absolute Gasteiger partial charge is 0.456 e. The van der Waals surface area contributed by atoms with Crippen molar-refractivity contribution in [1.29, 1.82) is 0 Å². The van der Waals surface area contributed by atoms with Crippen LogP contribution in [-0.2, 0) is 12.8 Å². The number of benzene rings is 5. The van der Waals surface area contributed by atoms with E-state index >= 15 is 0 Å². The number of furan rings is 2. The first-order valence-electron chi connectivity index (χ1n) is 19.4. The second-order valence-corrected chi connectivity index (χ2v) is 14.6. The van der Waals surface area contributed by atoms with Crippen LogP contribution < -0.4 is 0 Å². The van der Waals surface area contributed by atoms with E-state index in [0.717, 1.165) is 56.7 Å². The van der Waals surface area contributed by atoms with Gasteiger partial charge in [-0.25, -0.2) is 0 Å². The van der Waals surface area contributed by atoms with Gasteiger partial charge in [0.1, 0.15) is 22.3 Å². The van der Waals surface area contributed by atoms with Crippen LogP contribution in [-0.4, -0.2) is 0 Å². The van der Waals surface area contributed by atoms with Gasteiger partial charge in [-0.05, 0) is 94.8 Å². The third-order valence-corrected chi connectivity index (χ3v) is 10.7. The maximum absolute atomic E-state index is 6.52. The average Bonchev–Trinajstić information content (AvgIpc) is 3.63. The SMILES string of the molecule is CCCCCCCCCCc1ccc2cc3c(cc2c1)oc1cc2c(cc13)oc1cc3cc(CCCCCCCCCC)ccc3cc12. The van der Waals surface area contributed by atoms with Crippen molar-refractivity contribution >= 4 is 65.4 Å². The summed E-state index contributed by atoms with van der Waals surface area (Å²) in [6, 6.07) is 27.4. The number of unbranched alkanes of at least 4 members (excludes halogenated alkanes) is 14. The Morgan fingerprint density at radius 3 is 1.10 bits per heavy atom. The van der Waals surface area contributed by atoms with Crippen molar-refractivity contribution in [3.63, 3.8) is 0 Å². The van der Waals surface area contributed by atoms with Crippen LogP contribution in [0, 0.1) is 0 Å². The highest BCUT2D eigenvalue weighted by Crippen LogP contribution is 2.39. The molecule has 0 aliphatic rings. The summed E-state index contributed by atoms with van der Waals surface area (Å²) >= 11 is 0. The molecule has 0 saturated carbocycles. The zero-order valence-electron chi connectivity index (χ0n) is 29.5. The van der Waals surface area contributed by atoms with E-state index in [-0.39, 0.29) is 0 Å². The summed E-state index contributed by atoms with van der Waals surface area (Å²) in [7, 11) is 0. The lowest BCUT2D eigenvalue weighted by Gasteiger charge is -2.05. The molecule has 0 spiro atoms. The van der Waals surface area contributed by atoms with Gasteiger partial charge in [0.2, 0.25) is 0 Å². The summed E-state index contributed by atoms with van der Waals surface area (Å²) in [5, 5.41) is 9.63. The quantitative estimate of drug-likeness (QED) is 0.0874. The van der Waals surface area contributed by atoms with Gasteiger partial charge in [0, 0.05) is 21.5 Å². The van der Waals surface area contributed by atoms with Crippen LogP contribution in [0.25, 0.3) is 65.4 Å². The fraction of sp³-hybridized carbons (Fsp3) is 0.435. The van der Waals surface area contributed by atoms with Crippen molar-refractivity contribution in [3.05, 3.63) is 83.9 Å². The van der Waals surface area contributed by atoms with Crippen molar-refractivity contribution < 1.29 is 8.83 Å². The second-order valence-electron chi connectivity index (χ2n) is 14.6. The first-order valence-corrected chi connectivity index (χ1v) is 19.4. The molecule has 48 heavy (non-hydrogen) atoms. The van der Waals surface area contributed by atoms with Gasteiger partial charge in [0.25, 0.3) is 0 Å². The first-order chi connectivity index (χ1) is 23.7. The zero-order chi connectivity index (χ0) is 32.7. The summed E-state index contributed by atoms with van der Waals surface area (Å²) in [5.74, 6) is 0. The lowest BCUT2D eigenvalue weighted by molar-refractivity contribution is 0.575. The highest BCUT2D eigenvalue weighted by Gasteiger charge is 2.15. The van der Waals surface area contributed by atoms with Gasteiger partial charge in [-0.15, -0.1) is 0 Å². The predicted octanol–water partition coefficient (Wildman–Crippen LogP) is 15.2. The third kappa shape index (κ3) is 7.44. The molecule has 7 aromatic rings. The Morgan fingerprint density at radius 2 is 0.688 bits per heavy atom. The molecule has 0 fully saturated rings. The lowest BCUT2D eigenvalue weighted by Crippen LogP contribution is -1.87. The normalized spacial score (nSPS) is 12.2. The fourth-order valence-electron chi connectivity index (χ4n) is 7.87. The second kappa shape index (κ2) is 15.6. The number of hydrogen-bond donors (Lipinski definition) is 0. The summed E-state index contributed by atoms with van der Waals surface area (Å²) in [6.07, 6.45) is 24.0. The van der Waals surface area contributed by atoms with Crippen molar-refractivity contribution in [2.45, 2.75) is 129 Å². The van der Waals surface area contributed by atoms with E-state index in [1.807, 2.05) is 0 Å². The maximum Gasteiger partial charge on any atom is 0.136 e. The Morgan fingerprint density at radius 1 is 0.333 bits per heavy atom. The van der Waals surface area contributed by atoms with E-state index in [9.17, 15) is 0 Å². The lowest BCUT2D eigenvalue weighted by atomic mass is 9.99. The van der Waals surface area contributed by atoms with E-state index in [2.05, 4.69) is 86.6 Å². The molecular formula is C46H54O2. The Hall–Kier alpha value is -3.78. The van der Waals surface area contributed by atoms with Gasteiger partial charge >= 0.3 is 0 Å². The summed E-state index contributed by atoms with van der Waals surface area (Å²) < 4.78 is 13.0. The van der Waals surface area contributed by atoms with Crippen LogP contribution in [0.4, 0.5) is 0 Å². The zero-order valence-corrected chi connectivity index (χ0v) is 29.5. The minimum atomic E-state index is 0.926. The molecule has 2 aromatic heterocycles. The topological polar surface area (TPSA) is 26.3 Å². The molecule has 0 atom stereocenters. The minimum absolute atomic E-state index is 0.926. The van der Waals surface area contributed by atoms with Crippen molar-refractivity contribution in [2.75, 3.05) is 0 Å². The standard InChI is InChI=1S/C46H54O2/c1-3-5-7-9-11-13-15-17-19-33-21-23-35-27-39-41-31-46-42(32-45(41)47-43(39)29-37(35)25-33)40-28-36-24-22-34(26-38(36)30-44(40)48-46)20-18-16-14-12-10-8-6-4-2/h21-32H,3-20H2,1-2H3. The number of fused-ring (bicyclic) bond motifs is 8. The van der Waals surface area contributed by atoms with Gasteiger partial charge in [0.05, 0.1) is 0 Å². The Labute approximate surface area is 286 Å². The van der Waals surface area contributed by atoms with Gasteiger partial charge in [-0.2, -0.15) is 0 Å². The molecular weight excluding hydrogens is 585 g/mol. The number of rotatable bonds is 18. The third-order valence-electron chi connectivity index (χ3n) is 10.7. The molecule has 0 aliphatic heterocycles. The molecule has 0 radical (unpaired) electrons. The van der Waals surface area contributed by atoms with Crippen LogP contribution in [0.15, 0.2) is 81.6 Å². The van der Waals surface area contributed by atoms with Crippen LogP contribution in [0.5, 0.6) is 0 Å². The highest BCUT2D eigenvalue weighted by atomic mass is 16.3. The molecule has 0 N–H and O–H groups in total. The Balaban J connectivity index is 1.06. The molecule has 0 saturated heterocycles. The summed E-state index contributed by atoms with van der Waals surface area (Å²) in [6.45, 7) is 4.57. The molecule has 2 heterocycles.